The van der Waals surface area contributed by atoms with Crippen molar-refractivity contribution in [2.45, 2.75) is 26.5 Å². The summed E-state index contributed by atoms with van der Waals surface area (Å²) in [4.78, 5) is 0. The van der Waals surface area contributed by atoms with Crippen molar-refractivity contribution in [2.24, 2.45) is 0 Å². The first-order chi connectivity index (χ1) is 9.31. The fourth-order valence-corrected chi connectivity index (χ4v) is 2.16. The van der Waals surface area contributed by atoms with Crippen LogP contribution in [-0.4, -0.2) is 6.54 Å². The smallest absolute Gasteiger partial charge is 0.146 e. The van der Waals surface area contributed by atoms with E-state index in [9.17, 15) is 0 Å². The maximum atomic E-state index is 5.76. The second-order valence-corrected chi connectivity index (χ2v) is 5.12. The van der Waals surface area contributed by atoms with Gasteiger partial charge >= 0.3 is 0 Å². The van der Waals surface area contributed by atoms with Crippen LogP contribution in [0.1, 0.15) is 24.7 Å². The van der Waals surface area contributed by atoms with Crippen molar-refractivity contribution in [1.82, 2.24) is 5.32 Å². The van der Waals surface area contributed by atoms with Crippen molar-refractivity contribution in [3.63, 3.8) is 0 Å². The van der Waals surface area contributed by atoms with Crippen molar-refractivity contribution < 1.29 is 9.15 Å². The summed E-state index contributed by atoms with van der Waals surface area (Å²) >= 11 is 3.46. The minimum absolute atomic E-state index is 0.443. The molecule has 0 amide bonds. The van der Waals surface area contributed by atoms with E-state index in [0.717, 1.165) is 41.1 Å². The zero-order chi connectivity index (χ0) is 13.5. The van der Waals surface area contributed by atoms with Crippen LogP contribution in [-0.2, 0) is 13.2 Å². The summed E-state index contributed by atoms with van der Waals surface area (Å²) in [6.07, 6.45) is 2.84. The third kappa shape index (κ3) is 4.11. The van der Waals surface area contributed by atoms with Gasteiger partial charge in [0.05, 0.1) is 10.7 Å². The predicted molar refractivity (Wildman–Crippen MR) is 79.2 cm³/mol. The second kappa shape index (κ2) is 7.36. The SMILES string of the molecule is CCCNCc1ccoc1COc1ccccc1Br. The monoisotopic (exact) mass is 323 g/mol. The Morgan fingerprint density at radius 3 is 2.89 bits per heavy atom. The third-order valence-corrected chi connectivity index (χ3v) is 3.43. The molecule has 2 aromatic rings. The molecular weight excluding hydrogens is 306 g/mol. The van der Waals surface area contributed by atoms with Gasteiger partial charge in [-0.2, -0.15) is 0 Å². The van der Waals surface area contributed by atoms with E-state index in [4.69, 9.17) is 9.15 Å². The average molecular weight is 324 g/mol. The van der Waals surface area contributed by atoms with Crippen LogP contribution in [0.15, 0.2) is 45.5 Å². The molecule has 3 nitrogen and oxygen atoms in total. The number of hydrogen-bond donors (Lipinski definition) is 1. The molecule has 0 aliphatic carbocycles. The van der Waals surface area contributed by atoms with Crippen LogP contribution in [0.2, 0.25) is 0 Å². The van der Waals surface area contributed by atoms with Crippen LogP contribution in [0.5, 0.6) is 5.75 Å². The molecule has 4 heteroatoms. The molecule has 0 fully saturated rings. The van der Waals surface area contributed by atoms with E-state index >= 15 is 0 Å². The fraction of sp³-hybridized carbons (Fsp3) is 0.333. The van der Waals surface area contributed by atoms with Gasteiger partial charge in [0, 0.05) is 12.1 Å². The summed E-state index contributed by atoms with van der Waals surface area (Å²) in [5.74, 6) is 1.70. The average Bonchev–Trinajstić information content (AvgIpc) is 2.86. The van der Waals surface area contributed by atoms with Gasteiger partial charge in [0.2, 0.25) is 0 Å². The highest BCUT2D eigenvalue weighted by molar-refractivity contribution is 9.10. The lowest BCUT2D eigenvalue weighted by Crippen LogP contribution is -2.14. The van der Waals surface area contributed by atoms with Gasteiger partial charge in [-0.1, -0.05) is 19.1 Å². The first-order valence-electron chi connectivity index (χ1n) is 6.44. The second-order valence-electron chi connectivity index (χ2n) is 4.26. The van der Waals surface area contributed by atoms with E-state index in [1.54, 1.807) is 6.26 Å². The summed E-state index contributed by atoms with van der Waals surface area (Å²) in [5.41, 5.74) is 1.15. The topological polar surface area (TPSA) is 34.4 Å². The van der Waals surface area contributed by atoms with Gasteiger partial charge in [0.25, 0.3) is 0 Å². The molecule has 0 aliphatic heterocycles. The Hall–Kier alpha value is -1.26. The highest BCUT2D eigenvalue weighted by Gasteiger charge is 2.08. The normalized spacial score (nSPS) is 10.6. The van der Waals surface area contributed by atoms with Crippen molar-refractivity contribution in [1.29, 1.82) is 0 Å². The Morgan fingerprint density at radius 2 is 2.11 bits per heavy atom. The fourth-order valence-electron chi connectivity index (χ4n) is 1.76. The molecule has 0 atom stereocenters. The molecule has 2 rings (SSSR count). The molecule has 0 bridgehead atoms. The van der Waals surface area contributed by atoms with Gasteiger partial charge < -0.3 is 14.5 Å². The minimum atomic E-state index is 0.443. The molecule has 1 heterocycles. The van der Waals surface area contributed by atoms with Crippen LogP contribution in [0.25, 0.3) is 0 Å². The molecule has 0 unspecified atom stereocenters. The van der Waals surface area contributed by atoms with Gasteiger partial charge in [0.15, 0.2) is 0 Å². The quantitative estimate of drug-likeness (QED) is 0.778. The number of hydrogen-bond acceptors (Lipinski definition) is 3. The Morgan fingerprint density at radius 1 is 1.26 bits per heavy atom. The zero-order valence-corrected chi connectivity index (χ0v) is 12.6. The minimum Gasteiger partial charge on any atom is -0.484 e. The first kappa shape index (κ1) is 14.2. The molecule has 1 aromatic heterocycles. The summed E-state index contributed by atoms with van der Waals surface area (Å²) in [5, 5.41) is 3.36. The molecule has 0 saturated heterocycles. The Balaban J connectivity index is 1.93. The number of para-hydroxylation sites is 1. The molecule has 102 valence electrons. The number of nitrogens with one attached hydrogen (secondary N) is 1. The predicted octanol–water partition coefficient (Wildman–Crippen LogP) is 4.12. The number of halogens is 1. The van der Waals surface area contributed by atoms with Crippen molar-refractivity contribution in [2.75, 3.05) is 6.54 Å². The highest BCUT2D eigenvalue weighted by Crippen LogP contribution is 2.25. The van der Waals surface area contributed by atoms with Crippen LogP contribution in [0.4, 0.5) is 0 Å². The Kier molecular flexibility index (Phi) is 5.48. The van der Waals surface area contributed by atoms with Crippen LogP contribution >= 0.6 is 15.9 Å². The molecule has 0 radical (unpaired) electrons. The number of rotatable bonds is 7. The molecule has 0 aliphatic rings. The van der Waals surface area contributed by atoms with Gasteiger partial charge in [-0.15, -0.1) is 0 Å². The van der Waals surface area contributed by atoms with E-state index < -0.39 is 0 Å². The maximum absolute atomic E-state index is 5.76. The van der Waals surface area contributed by atoms with Gasteiger partial charge in [-0.25, -0.2) is 0 Å². The van der Waals surface area contributed by atoms with E-state index in [-0.39, 0.29) is 0 Å². The van der Waals surface area contributed by atoms with E-state index in [1.165, 1.54) is 0 Å². The number of ether oxygens (including phenoxy) is 1. The van der Waals surface area contributed by atoms with Gasteiger partial charge in [0.1, 0.15) is 18.1 Å². The van der Waals surface area contributed by atoms with E-state index in [2.05, 4.69) is 28.2 Å². The van der Waals surface area contributed by atoms with Gasteiger partial charge in [-0.3, -0.25) is 0 Å². The Labute approximate surface area is 122 Å². The van der Waals surface area contributed by atoms with Crippen LogP contribution < -0.4 is 10.1 Å². The highest BCUT2D eigenvalue weighted by atomic mass is 79.9. The molecule has 19 heavy (non-hydrogen) atoms. The molecule has 0 saturated carbocycles. The largest absolute Gasteiger partial charge is 0.484 e. The third-order valence-electron chi connectivity index (χ3n) is 2.78. The standard InChI is InChI=1S/C15H18BrNO2/c1-2-8-17-10-12-7-9-18-15(12)11-19-14-6-4-3-5-13(14)16/h3-7,9,17H,2,8,10-11H2,1H3. The van der Waals surface area contributed by atoms with E-state index in [1.807, 2.05) is 30.3 Å². The molecule has 0 spiro atoms. The summed E-state index contributed by atoms with van der Waals surface area (Å²) in [6.45, 7) is 4.42. The first-order valence-corrected chi connectivity index (χ1v) is 7.24. The lowest BCUT2D eigenvalue weighted by molar-refractivity contribution is 0.266. The van der Waals surface area contributed by atoms with Crippen molar-refractivity contribution in [3.05, 3.63) is 52.4 Å². The summed E-state index contributed by atoms with van der Waals surface area (Å²) < 4.78 is 12.2. The Bertz CT molecular complexity index is 510. The summed E-state index contributed by atoms with van der Waals surface area (Å²) in [7, 11) is 0. The molecular formula is C15H18BrNO2. The van der Waals surface area contributed by atoms with Crippen LogP contribution in [0, 0.1) is 0 Å². The number of furan rings is 1. The lowest BCUT2D eigenvalue weighted by Gasteiger charge is -2.08. The maximum Gasteiger partial charge on any atom is 0.146 e. The number of benzene rings is 1. The lowest BCUT2D eigenvalue weighted by atomic mass is 10.2. The van der Waals surface area contributed by atoms with Gasteiger partial charge in [-0.05, 0) is 47.1 Å². The van der Waals surface area contributed by atoms with E-state index in [0.29, 0.717) is 6.61 Å². The van der Waals surface area contributed by atoms with Crippen molar-refractivity contribution in [3.8, 4) is 5.75 Å². The molecule has 1 aromatic carbocycles. The molecule has 1 N–H and O–H groups in total. The van der Waals surface area contributed by atoms with Crippen molar-refractivity contribution >= 4 is 15.9 Å². The van der Waals surface area contributed by atoms with Crippen LogP contribution in [0.3, 0.4) is 0 Å². The summed E-state index contributed by atoms with van der Waals surface area (Å²) in [6, 6.07) is 9.79. The zero-order valence-electron chi connectivity index (χ0n) is 11.0.